The summed E-state index contributed by atoms with van der Waals surface area (Å²) in [7, 11) is 0. The minimum atomic E-state index is 0.838. The van der Waals surface area contributed by atoms with Crippen molar-refractivity contribution in [1.82, 2.24) is 0 Å². The summed E-state index contributed by atoms with van der Waals surface area (Å²) >= 11 is 0. The van der Waals surface area contributed by atoms with Crippen LogP contribution in [-0.4, -0.2) is 0 Å². The molecule has 0 aliphatic rings. The van der Waals surface area contributed by atoms with E-state index in [0.29, 0.717) is 0 Å². The van der Waals surface area contributed by atoms with Crippen molar-refractivity contribution in [2.45, 2.75) is 66.2 Å². The van der Waals surface area contributed by atoms with E-state index in [-0.39, 0.29) is 0 Å². The Balaban J connectivity index is 3.59. The van der Waals surface area contributed by atoms with Crippen LogP contribution in [0.5, 0.6) is 0 Å². The summed E-state index contributed by atoms with van der Waals surface area (Å²) < 4.78 is 0. The molecule has 0 bridgehead atoms. The third kappa shape index (κ3) is 8.76. The van der Waals surface area contributed by atoms with E-state index in [4.69, 9.17) is 0 Å². The molecule has 0 fully saturated rings. The molecule has 0 aromatic carbocycles. The molecule has 0 spiro atoms. The van der Waals surface area contributed by atoms with Crippen LogP contribution in [0.1, 0.15) is 66.2 Å². The van der Waals surface area contributed by atoms with Crippen molar-refractivity contribution in [3.63, 3.8) is 0 Å². The Morgan fingerprint density at radius 2 is 1.62 bits per heavy atom. The van der Waals surface area contributed by atoms with E-state index >= 15 is 0 Å². The van der Waals surface area contributed by atoms with Gasteiger partial charge in [0.2, 0.25) is 0 Å². The van der Waals surface area contributed by atoms with Crippen molar-refractivity contribution >= 4 is 0 Å². The molecule has 2 atom stereocenters. The predicted octanol–water partition coefficient (Wildman–Crippen LogP) is 5.75. The molecule has 0 saturated carbocycles. The summed E-state index contributed by atoms with van der Waals surface area (Å²) in [5.74, 6) is 1.70. The Hall–Kier alpha value is -0.520. The molecule has 2 unspecified atom stereocenters. The summed E-state index contributed by atoms with van der Waals surface area (Å²) in [6.45, 7) is 13.3. The van der Waals surface area contributed by atoms with E-state index in [1.807, 2.05) is 0 Å². The van der Waals surface area contributed by atoms with E-state index in [9.17, 15) is 0 Å². The van der Waals surface area contributed by atoms with E-state index in [1.165, 1.54) is 37.7 Å². The maximum atomic E-state index is 4.11. The van der Waals surface area contributed by atoms with Crippen LogP contribution in [0, 0.1) is 11.8 Å². The first-order valence-corrected chi connectivity index (χ1v) is 6.94. The molecule has 0 saturated heterocycles. The van der Waals surface area contributed by atoms with Crippen molar-refractivity contribution in [2.24, 2.45) is 11.8 Å². The van der Waals surface area contributed by atoms with Gasteiger partial charge in [-0.15, -0.1) is 0 Å². The maximum absolute atomic E-state index is 4.11. The topological polar surface area (TPSA) is 0 Å². The van der Waals surface area contributed by atoms with Crippen molar-refractivity contribution in [1.29, 1.82) is 0 Å². The first kappa shape index (κ1) is 15.5. The molecule has 0 aromatic rings. The zero-order valence-electron chi connectivity index (χ0n) is 11.8. The van der Waals surface area contributed by atoms with Crippen LogP contribution in [0.3, 0.4) is 0 Å². The molecule has 0 N–H and O–H groups in total. The van der Waals surface area contributed by atoms with Crippen molar-refractivity contribution in [3.05, 3.63) is 24.3 Å². The van der Waals surface area contributed by atoms with E-state index in [0.717, 1.165) is 18.3 Å². The highest BCUT2D eigenvalue weighted by atomic mass is 14.0. The van der Waals surface area contributed by atoms with Gasteiger partial charge in [-0.2, -0.15) is 0 Å². The smallest absolute Gasteiger partial charge is 0.0282 e. The lowest BCUT2D eigenvalue weighted by atomic mass is 9.99. The van der Waals surface area contributed by atoms with Crippen LogP contribution < -0.4 is 0 Å². The quantitative estimate of drug-likeness (QED) is 0.436. The van der Waals surface area contributed by atoms with Crippen LogP contribution in [-0.2, 0) is 0 Å². The van der Waals surface area contributed by atoms with E-state index in [1.54, 1.807) is 0 Å². The second-order valence-corrected chi connectivity index (χ2v) is 5.20. The van der Waals surface area contributed by atoms with Gasteiger partial charge < -0.3 is 0 Å². The number of hydrogen-bond acceptors (Lipinski definition) is 0. The average Bonchev–Trinajstić information content (AvgIpc) is 2.31. The van der Waals surface area contributed by atoms with Crippen LogP contribution in [0.2, 0.25) is 0 Å². The molecule has 0 aliphatic heterocycles. The molecule has 0 radical (unpaired) electrons. The molecule has 0 heterocycles. The fourth-order valence-electron chi connectivity index (χ4n) is 1.55. The lowest BCUT2D eigenvalue weighted by molar-refractivity contribution is 0.516. The Morgan fingerprint density at radius 1 is 1.06 bits per heavy atom. The molecule has 0 aliphatic carbocycles. The van der Waals surface area contributed by atoms with Crippen LogP contribution >= 0.6 is 0 Å². The van der Waals surface area contributed by atoms with Gasteiger partial charge in [0.1, 0.15) is 0 Å². The highest BCUT2D eigenvalue weighted by molar-refractivity contribution is 5.14. The first-order valence-electron chi connectivity index (χ1n) is 6.94. The lowest BCUT2D eigenvalue weighted by Gasteiger charge is -2.07. The average molecular weight is 222 g/mol. The number of allylic oxidation sites excluding steroid dienone is 3. The lowest BCUT2D eigenvalue weighted by Crippen LogP contribution is -1.92. The molecular weight excluding hydrogens is 192 g/mol. The Kier molecular flexibility index (Phi) is 9.37. The molecule has 0 rings (SSSR count). The zero-order valence-corrected chi connectivity index (χ0v) is 11.8. The molecule has 0 aromatic heterocycles. The second-order valence-electron chi connectivity index (χ2n) is 5.20. The third-order valence-electron chi connectivity index (χ3n) is 3.53. The SMILES string of the molecule is C=C(C=CCCC(C)CC)CCC(C)CC. The summed E-state index contributed by atoms with van der Waals surface area (Å²) in [6, 6.07) is 0. The normalized spacial score (nSPS) is 15.2. The van der Waals surface area contributed by atoms with Gasteiger partial charge in [-0.1, -0.05) is 64.8 Å². The van der Waals surface area contributed by atoms with Crippen LogP contribution in [0.25, 0.3) is 0 Å². The van der Waals surface area contributed by atoms with Gasteiger partial charge in [-0.3, -0.25) is 0 Å². The number of hydrogen-bond donors (Lipinski definition) is 0. The van der Waals surface area contributed by atoms with Crippen molar-refractivity contribution in [3.8, 4) is 0 Å². The Bertz CT molecular complexity index is 200. The summed E-state index contributed by atoms with van der Waals surface area (Å²) in [4.78, 5) is 0. The van der Waals surface area contributed by atoms with Crippen LogP contribution in [0.4, 0.5) is 0 Å². The fraction of sp³-hybridized carbons (Fsp3) is 0.750. The molecule has 0 amide bonds. The molecule has 94 valence electrons. The third-order valence-corrected chi connectivity index (χ3v) is 3.53. The first-order chi connectivity index (χ1) is 7.60. The minimum absolute atomic E-state index is 0.838. The van der Waals surface area contributed by atoms with Gasteiger partial charge in [0.15, 0.2) is 0 Å². The van der Waals surface area contributed by atoms with Crippen molar-refractivity contribution in [2.75, 3.05) is 0 Å². The minimum Gasteiger partial charge on any atom is -0.0958 e. The molecule has 0 nitrogen and oxygen atoms in total. The molecule has 16 heavy (non-hydrogen) atoms. The standard InChI is InChI=1S/C16H30/c1-6-14(3)10-8-9-11-16(5)13-12-15(4)7-2/h9,11,14-15H,5-8,10,12-13H2,1-4H3. The van der Waals surface area contributed by atoms with E-state index < -0.39 is 0 Å². The highest BCUT2D eigenvalue weighted by Crippen LogP contribution is 2.15. The Morgan fingerprint density at radius 3 is 2.19 bits per heavy atom. The van der Waals surface area contributed by atoms with Crippen molar-refractivity contribution < 1.29 is 0 Å². The monoisotopic (exact) mass is 222 g/mol. The van der Waals surface area contributed by atoms with Gasteiger partial charge in [0.25, 0.3) is 0 Å². The number of rotatable bonds is 9. The van der Waals surface area contributed by atoms with Crippen LogP contribution in [0.15, 0.2) is 24.3 Å². The van der Waals surface area contributed by atoms with Gasteiger partial charge in [-0.05, 0) is 37.5 Å². The van der Waals surface area contributed by atoms with E-state index in [2.05, 4.69) is 46.4 Å². The highest BCUT2D eigenvalue weighted by Gasteiger charge is 1.99. The maximum Gasteiger partial charge on any atom is -0.0282 e. The predicted molar refractivity (Wildman–Crippen MR) is 75.7 cm³/mol. The molecular formula is C16H30. The second kappa shape index (κ2) is 9.69. The Labute approximate surface area is 103 Å². The van der Waals surface area contributed by atoms with Gasteiger partial charge >= 0.3 is 0 Å². The summed E-state index contributed by atoms with van der Waals surface area (Å²) in [5, 5.41) is 0. The van der Waals surface area contributed by atoms with Gasteiger partial charge in [0, 0.05) is 0 Å². The largest absolute Gasteiger partial charge is 0.0958 e. The fourth-order valence-corrected chi connectivity index (χ4v) is 1.55. The van der Waals surface area contributed by atoms with Gasteiger partial charge in [0.05, 0.1) is 0 Å². The van der Waals surface area contributed by atoms with Gasteiger partial charge in [-0.25, -0.2) is 0 Å². The summed E-state index contributed by atoms with van der Waals surface area (Å²) in [6.07, 6.45) is 12.1. The summed E-state index contributed by atoms with van der Waals surface area (Å²) in [5.41, 5.74) is 1.30. The molecule has 0 heteroatoms. The zero-order chi connectivity index (χ0) is 12.4.